The lowest BCUT2D eigenvalue weighted by molar-refractivity contribution is 1.10. The van der Waals surface area contributed by atoms with Gasteiger partial charge in [-0.2, -0.15) is 5.10 Å². The molecule has 0 bridgehead atoms. The minimum atomic E-state index is 0.829. The van der Waals surface area contributed by atoms with E-state index in [2.05, 4.69) is 20.7 Å². The molecule has 39 valence electrons. The first-order valence-electron chi connectivity index (χ1n) is 2.13. The van der Waals surface area contributed by atoms with Gasteiger partial charge in [0, 0.05) is 0 Å². The molecule has 0 aliphatic rings. The molecule has 0 aromatic carbocycles. The highest BCUT2D eigenvalue weighted by atomic mass is 32.1. The van der Waals surface area contributed by atoms with Crippen LogP contribution in [0.25, 0.3) is 10.3 Å². The third-order valence-corrected chi connectivity index (χ3v) is 1.60. The van der Waals surface area contributed by atoms with Crippen LogP contribution in [-0.2, 0) is 0 Å². The number of nitrogens with one attached hydrogen (secondary N) is 1. The normalized spacial score (nSPS) is 10.5. The number of hydrogen-bond acceptors (Lipinski definition) is 3. The van der Waals surface area contributed by atoms with E-state index < -0.39 is 0 Å². The molecule has 0 aliphatic carbocycles. The quantitative estimate of drug-likeness (QED) is 0.565. The molecule has 0 atom stereocenters. The highest BCUT2D eigenvalue weighted by Crippen LogP contribution is 2.11. The maximum atomic E-state index is 3.85. The first-order valence-corrected chi connectivity index (χ1v) is 2.94. The van der Waals surface area contributed by atoms with Gasteiger partial charge >= 0.3 is 0 Å². The van der Waals surface area contributed by atoms with Gasteiger partial charge in [-0.25, -0.2) is 4.98 Å². The minimum absolute atomic E-state index is 0.829. The van der Waals surface area contributed by atoms with Crippen LogP contribution in [0.5, 0.6) is 0 Å². The van der Waals surface area contributed by atoms with Crippen LogP contribution < -0.4 is 0 Å². The van der Waals surface area contributed by atoms with E-state index in [-0.39, 0.29) is 0 Å². The number of thiazole rings is 1. The van der Waals surface area contributed by atoms with E-state index in [4.69, 9.17) is 0 Å². The molecule has 0 saturated carbocycles. The number of fused-ring (bicyclic) bond motifs is 1. The van der Waals surface area contributed by atoms with Crippen molar-refractivity contribution >= 4 is 21.7 Å². The zero-order chi connectivity index (χ0) is 5.40. The Morgan fingerprint density at radius 2 is 2.75 bits per heavy atom. The highest BCUT2D eigenvalue weighted by Gasteiger charge is 1.93. The molecule has 2 aromatic rings. The largest absolute Gasteiger partial charge is 0.260 e. The monoisotopic (exact) mass is 124 g/mol. The topological polar surface area (TPSA) is 41.6 Å². The van der Waals surface area contributed by atoms with Crippen molar-refractivity contribution in [3.8, 4) is 0 Å². The molecular weight excluding hydrogens is 122 g/mol. The summed E-state index contributed by atoms with van der Waals surface area (Å²) in [7, 11) is 0. The summed E-state index contributed by atoms with van der Waals surface area (Å²) >= 11 is 1.46. The van der Waals surface area contributed by atoms with Crippen LogP contribution in [0.1, 0.15) is 0 Å². The lowest BCUT2D eigenvalue weighted by Gasteiger charge is -1.62. The molecule has 0 spiro atoms. The fourth-order valence-electron chi connectivity index (χ4n) is 0.541. The van der Waals surface area contributed by atoms with E-state index in [1.165, 1.54) is 11.3 Å². The Bertz CT molecular complexity index is 233. The molecule has 1 N–H and O–H groups in total. The van der Waals surface area contributed by atoms with Crippen molar-refractivity contribution in [3.63, 3.8) is 0 Å². The van der Waals surface area contributed by atoms with Gasteiger partial charge in [0.2, 0.25) is 0 Å². The lowest BCUT2D eigenvalue weighted by Crippen LogP contribution is -1.64. The number of aromatic nitrogens is 3. The molecule has 0 aliphatic heterocycles. The van der Waals surface area contributed by atoms with Crippen molar-refractivity contribution in [3.05, 3.63) is 11.7 Å². The number of nitrogens with zero attached hydrogens (tertiary/aromatic N) is 2. The fraction of sp³-hybridized carbons (Fsp3) is 0. The summed E-state index contributed by atoms with van der Waals surface area (Å²) in [4.78, 5) is 3.85. The molecule has 0 unspecified atom stereocenters. The molecular formula is C4H2N3S. The maximum absolute atomic E-state index is 3.85. The molecule has 0 saturated heterocycles. The summed E-state index contributed by atoms with van der Waals surface area (Å²) in [6, 6.07) is 0. The number of hydrogen-bond donors (Lipinski definition) is 1. The van der Waals surface area contributed by atoms with E-state index in [9.17, 15) is 0 Å². The standard InChI is InChI=1S/C4H2N3S/c1-3-4(7-6-1)5-2-8-3/h1H,(H,6,7). The van der Waals surface area contributed by atoms with Gasteiger partial charge in [0.1, 0.15) is 0 Å². The zero-order valence-corrected chi connectivity index (χ0v) is 4.70. The van der Waals surface area contributed by atoms with Gasteiger partial charge in [-0.3, -0.25) is 5.10 Å². The van der Waals surface area contributed by atoms with Crippen LogP contribution in [0.2, 0.25) is 0 Å². The van der Waals surface area contributed by atoms with Gasteiger partial charge in [-0.1, -0.05) is 0 Å². The Kier molecular flexibility index (Phi) is 0.648. The van der Waals surface area contributed by atoms with E-state index in [1.54, 1.807) is 6.20 Å². The second-order valence-corrected chi connectivity index (χ2v) is 2.21. The lowest BCUT2D eigenvalue weighted by atomic mass is 10.7. The maximum Gasteiger partial charge on any atom is 0.167 e. The second kappa shape index (κ2) is 1.29. The minimum Gasteiger partial charge on any atom is -0.260 e. The van der Waals surface area contributed by atoms with Crippen LogP contribution in [0.4, 0.5) is 0 Å². The van der Waals surface area contributed by atoms with Gasteiger partial charge in [-0.15, -0.1) is 11.3 Å². The molecule has 0 fully saturated rings. The molecule has 2 heterocycles. The smallest absolute Gasteiger partial charge is 0.167 e. The molecule has 8 heavy (non-hydrogen) atoms. The zero-order valence-electron chi connectivity index (χ0n) is 3.88. The van der Waals surface area contributed by atoms with Crippen LogP contribution >= 0.6 is 11.3 Å². The number of aromatic amines is 1. The Labute approximate surface area is 49.4 Å². The second-order valence-electron chi connectivity index (χ2n) is 1.39. The molecule has 2 rings (SSSR count). The van der Waals surface area contributed by atoms with Crippen molar-refractivity contribution in [2.75, 3.05) is 0 Å². The molecule has 4 heteroatoms. The molecule has 0 amide bonds. The Morgan fingerprint density at radius 1 is 1.75 bits per heavy atom. The van der Waals surface area contributed by atoms with Crippen molar-refractivity contribution in [1.29, 1.82) is 0 Å². The molecule has 1 radical (unpaired) electrons. The SMILES string of the molecule is [c]1nc2[nH]ncc2s1. The van der Waals surface area contributed by atoms with Crippen molar-refractivity contribution < 1.29 is 0 Å². The summed E-state index contributed by atoms with van der Waals surface area (Å²) in [5.74, 6) is 0. The Balaban J connectivity index is 3.06. The number of H-pyrrole nitrogens is 1. The van der Waals surface area contributed by atoms with Gasteiger partial charge in [-0.05, 0) is 0 Å². The number of rotatable bonds is 0. The van der Waals surface area contributed by atoms with Crippen molar-refractivity contribution in [2.24, 2.45) is 0 Å². The van der Waals surface area contributed by atoms with Crippen LogP contribution in [0.15, 0.2) is 6.20 Å². The van der Waals surface area contributed by atoms with Gasteiger partial charge < -0.3 is 0 Å². The average Bonchev–Trinajstić information content (AvgIpc) is 2.15. The summed E-state index contributed by atoms with van der Waals surface area (Å²) in [5.41, 5.74) is 3.57. The van der Waals surface area contributed by atoms with Gasteiger partial charge in [0.25, 0.3) is 0 Å². The van der Waals surface area contributed by atoms with Gasteiger partial charge in [0.15, 0.2) is 11.2 Å². The van der Waals surface area contributed by atoms with E-state index in [0.717, 1.165) is 10.3 Å². The Hall–Kier alpha value is -0.900. The van der Waals surface area contributed by atoms with E-state index in [1.807, 2.05) is 0 Å². The first-order chi connectivity index (χ1) is 3.97. The summed E-state index contributed by atoms with van der Waals surface area (Å²) < 4.78 is 1.06. The van der Waals surface area contributed by atoms with Crippen LogP contribution in [0.3, 0.4) is 0 Å². The highest BCUT2D eigenvalue weighted by molar-refractivity contribution is 7.16. The first kappa shape index (κ1) is 4.03. The summed E-state index contributed by atoms with van der Waals surface area (Å²) in [5, 5.41) is 6.48. The Morgan fingerprint density at radius 3 is 3.62 bits per heavy atom. The van der Waals surface area contributed by atoms with E-state index >= 15 is 0 Å². The molecule has 3 nitrogen and oxygen atoms in total. The van der Waals surface area contributed by atoms with Crippen LogP contribution in [0, 0.1) is 5.51 Å². The predicted octanol–water partition coefficient (Wildman–Crippen LogP) is 0.820. The molecule has 2 aromatic heterocycles. The van der Waals surface area contributed by atoms with Gasteiger partial charge in [0.05, 0.1) is 10.9 Å². The fourth-order valence-corrected chi connectivity index (χ4v) is 1.07. The van der Waals surface area contributed by atoms with Crippen molar-refractivity contribution in [1.82, 2.24) is 15.2 Å². The third-order valence-electron chi connectivity index (χ3n) is 0.899. The van der Waals surface area contributed by atoms with Crippen molar-refractivity contribution in [2.45, 2.75) is 0 Å². The van der Waals surface area contributed by atoms with E-state index in [0.29, 0.717) is 0 Å². The third kappa shape index (κ3) is 0.376. The average molecular weight is 124 g/mol. The summed E-state index contributed by atoms with van der Waals surface area (Å²) in [6.45, 7) is 0. The summed E-state index contributed by atoms with van der Waals surface area (Å²) in [6.07, 6.45) is 1.74. The predicted molar refractivity (Wildman–Crippen MR) is 30.6 cm³/mol. The van der Waals surface area contributed by atoms with Crippen LogP contribution in [-0.4, -0.2) is 15.2 Å².